The highest BCUT2D eigenvalue weighted by Gasteiger charge is 2.29. The van der Waals surface area contributed by atoms with Gasteiger partial charge in [0.15, 0.2) is 0 Å². The van der Waals surface area contributed by atoms with Gasteiger partial charge >= 0.3 is 0 Å². The molecule has 0 saturated heterocycles. The minimum atomic E-state index is -0.0388. The number of aromatic nitrogens is 3. The topological polar surface area (TPSA) is 80.0 Å². The van der Waals surface area contributed by atoms with Crippen LogP contribution in [-0.2, 0) is 11.3 Å². The third-order valence-corrected chi connectivity index (χ3v) is 5.31. The third-order valence-electron chi connectivity index (χ3n) is 5.31. The highest BCUT2D eigenvalue weighted by atomic mass is 16.3. The molecule has 1 aromatic heterocycles. The molecule has 27 heavy (non-hydrogen) atoms. The normalized spacial score (nSPS) is 16.1. The molecule has 0 fully saturated rings. The summed E-state index contributed by atoms with van der Waals surface area (Å²) in [5, 5.41) is 17.1. The summed E-state index contributed by atoms with van der Waals surface area (Å²) in [4.78, 5) is 16.3. The van der Waals surface area contributed by atoms with Crippen molar-refractivity contribution in [2.45, 2.75) is 39.7 Å². The number of benzene rings is 2. The predicted octanol–water partition coefficient (Wildman–Crippen LogP) is 3.43. The fourth-order valence-electron chi connectivity index (χ4n) is 3.84. The summed E-state index contributed by atoms with van der Waals surface area (Å²) < 4.78 is 1.80. The highest BCUT2D eigenvalue weighted by molar-refractivity contribution is 5.95. The lowest BCUT2D eigenvalue weighted by Gasteiger charge is -2.28. The smallest absolute Gasteiger partial charge is 0.225 e. The van der Waals surface area contributed by atoms with Crippen LogP contribution in [0.2, 0.25) is 0 Å². The van der Waals surface area contributed by atoms with Crippen molar-refractivity contribution in [3.8, 4) is 5.75 Å². The Hall–Kier alpha value is -3.15. The fourth-order valence-corrected chi connectivity index (χ4v) is 3.84. The molecule has 0 unspecified atom stereocenters. The number of rotatable bonds is 3. The Bertz CT molecular complexity index is 1030. The van der Waals surface area contributed by atoms with Gasteiger partial charge in [0.1, 0.15) is 18.4 Å². The zero-order chi connectivity index (χ0) is 19.1. The van der Waals surface area contributed by atoms with Crippen LogP contribution in [-0.4, -0.2) is 25.8 Å². The number of nitrogens with one attached hydrogen (secondary N) is 1. The minimum Gasteiger partial charge on any atom is -0.508 e. The number of anilines is 1. The Labute approximate surface area is 157 Å². The van der Waals surface area contributed by atoms with Gasteiger partial charge in [-0.2, -0.15) is 5.10 Å². The molecular weight excluding hydrogens is 340 g/mol. The van der Waals surface area contributed by atoms with Crippen LogP contribution in [0.25, 0.3) is 0 Å². The van der Waals surface area contributed by atoms with E-state index >= 15 is 0 Å². The van der Waals surface area contributed by atoms with Crippen molar-refractivity contribution in [1.29, 1.82) is 0 Å². The molecule has 0 bridgehead atoms. The molecule has 2 N–H and O–H groups in total. The van der Waals surface area contributed by atoms with Gasteiger partial charge < -0.3 is 10.4 Å². The average Bonchev–Trinajstić information content (AvgIpc) is 3.11. The number of carbonyl (C=O) groups excluding carboxylic acids is 1. The molecule has 1 amide bonds. The Morgan fingerprint density at radius 1 is 1.11 bits per heavy atom. The second kappa shape index (κ2) is 6.54. The molecule has 1 atom stereocenters. The van der Waals surface area contributed by atoms with Gasteiger partial charge in [0.25, 0.3) is 0 Å². The molecule has 3 aromatic rings. The van der Waals surface area contributed by atoms with Crippen molar-refractivity contribution < 1.29 is 9.90 Å². The highest BCUT2D eigenvalue weighted by Crippen LogP contribution is 2.41. The summed E-state index contributed by atoms with van der Waals surface area (Å²) in [5.41, 5.74) is 7.18. The van der Waals surface area contributed by atoms with Crippen molar-refractivity contribution in [3.05, 3.63) is 70.3 Å². The number of fused-ring (bicyclic) bond motifs is 1. The second-order valence-electron chi connectivity index (χ2n) is 7.26. The summed E-state index contributed by atoms with van der Waals surface area (Å²) >= 11 is 0. The zero-order valence-electron chi connectivity index (χ0n) is 15.7. The van der Waals surface area contributed by atoms with Crippen LogP contribution < -0.4 is 5.32 Å². The standard InChI is InChI=1S/C21H22N4O2/c1-12-4-13(2)16(6-15(12)9-25-11-22-10-23-25)17-7-21(27)24-19-8-20(26)14(3)5-18(17)19/h4-6,8,10-11,17,26H,7,9H2,1-3H3,(H,24,27)/t17-/m1/s1. The SMILES string of the molecule is Cc1cc2c(cc1O)NC(=O)C[C@@H]2c1cc(Cn2cncn2)c(C)cc1C. The number of aromatic hydroxyl groups is 1. The maximum absolute atomic E-state index is 12.3. The number of phenols is 1. The number of amides is 1. The first-order valence-electron chi connectivity index (χ1n) is 8.98. The van der Waals surface area contributed by atoms with Crippen LogP contribution in [0.15, 0.2) is 36.9 Å². The fraction of sp³-hybridized carbons (Fsp3) is 0.286. The molecule has 1 aliphatic heterocycles. The number of phenolic OH excluding ortho intramolecular Hbond substituents is 1. The van der Waals surface area contributed by atoms with Gasteiger partial charge in [-0.1, -0.05) is 12.1 Å². The average molecular weight is 362 g/mol. The molecule has 138 valence electrons. The maximum Gasteiger partial charge on any atom is 0.225 e. The van der Waals surface area contributed by atoms with E-state index in [1.54, 1.807) is 17.1 Å². The molecule has 2 aromatic carbocycles. The van der Waals surface area contributed by atoms with Gasteiger partial charge in [-0.05, 0) is 60.2 Å². The largest absolute Gasteiger partial charge is 0.508 e. The van der Waals surface area contributed by atoms with Crippen molar-refractivity contribution in [1.82, 2.24) is 14.8 Å². The first-order chi connectivity index (χ1) is 12.9. The van der Waals surface area contributed by atoms with E-state index in [0.29, 0.717) is 18.7 Å². The summed E-state index contributed by atoms with van der Waals surface area (Å²) in [6, 6.07) is 7.97. The summed E-state index contributed by atoms with van der Waals surface area (Å²) in [5.74, 6) is 0.124. The van der Waals surface area contributed by atoms with E-state index in [1.807, 2.05) is 13.0 Å². The van der Waals surface area contributed by atoms with Crippen LogP contribution in [0.3, 0.4) is 0 Å². The molecule has 2 heterocycles. The van der Waals surface area contributed by atoms with Crippen LogP contribution in [0.4, 0.5) is 5.69 Å². The predicted molar refractivity (Wildman–Crippen MR) is 103 cm³/mol. The molecule has 4 rings (SSSR count). The monoisotopic (exact) mass is 362 g/mol. The van der Waals surface area contributed by atoms with Gasteiger partial charge in [0.05, 0.1) is 6.54 Å². The van der Waals surface area contributed by atoms with Gasteiger partial charge in [0.2, 0.25) is 5.91 Å². The Balaban J connectivity index is 1.81. The Kier molecular flexibility index (Phi) is 4.18. The summed E-state index contributed by atoms with van der Waals surface area (Å²) in [6.45, 7) is 6.69. The maximum atomic E-state index is 12.3. The molecule has 0 spiro atoms. The van der Waals surface area contributed by atoms with Crippen molar-refractivity contribution in [2.75, 3.05) is 5.32 Å². The van der Waals surface area contributed by atoms with Gasteiger partial charge in [-0.15, -0.1) is 0 Å². The lowest BCUT2D eigenvalue weighted by Crippen LogP contribution is -2.24. The number of carbonyl (C=O) groups is 1. The number of hydrogen-bond donors (Lipinski definition) is 2. The van der Waals surface area contributed by atoms with E-state index in [1.165, 1.54) is 11.9 Å². The molecule has 6 heteroatoms. The molecule has 0 radical (unpaired) electrons. The van der Waals surface area contributed by atoms with Crippen LogP contribution in [0.5, 0.6) is 5.75 Å². The van der Waals surface area contributed by atoms with Crippen molar-refractivity contribution in [2.24, 2.45) is 0 Å². The van der Waals surface area contributed by atoms with Crippen LogP contribution >= 0.6 is 0 Å². The van der Waals surface area contributed by atoms with Gasteiger partial charge in [-0.25, -0.2) is 9.67 Å². The first-order valence-corrected chi connectivity index (χ1v) is 8.98. The Morgan fingerprint density at radius 2 is 1.93 bits per heavy atom. The van der Waals surface area contributed by atoms with E-state index in [-0.39, 0.29) is 17.6 Å². The van der Waals surface area contributed by atoms with E-state index < -0.39 is 0 Å². The third kappa shape index (κ3) is 3.18. The van der Waals surface area contributed by atoms with E-state index in [2.05, 4.69) is 41.4 Å². The zero-order valence-corrected chi connectivity index (χ0v) is 15.7. The van der Waals surface area contributed by atoms with Gasteiger partial charge in [-0.3, -0.25) is 4.79 Å². The van der Waals surface area contributed by atoms with E-state index in [0.717, 1.165) is 27.8 Å². The first kappa shape index (κ1) is 17.3. The van der Waals surface area contributed by atoms with Gasteiger partial charge in [0, 0.05) is 24.1 Å². The second-order valence-corrected chi connectivity index (χ2v) is 7.26. The molecule has 1 aliphatic rings. The van der Waals surface area contributed by atoms with Crippen LogP contribution in [0.1, 0.15) is 45.7 Å². The molecule has 0 aliphatic carbocycles. The number of nitrogens with zero attached hydrogens (tertiary/aromatic N) is 3. The molecule has 6 nitrogen and oxygen atoms in total. The van der Waals surface area contributed by atoms with E-state index in [4.69, 9.17) is 0 Å². The minimum absolute atomic E-state index is 0.0337. The summed E-state index contributed by atoms with van der Waals surface area (Å²) in [6.07, 6.45) is 3.62. The number of aryl methyl sites for hydroxylation is 3. The van der Waals surface area contributed by atoms with Crippen LogP contribution in [0, 0.1) is 20.8 Å². The summed E-state index contributed by atoms with van der Waals surface area (Å²) in [7, 11) is 0. The quantitative estimate of drug-likeness (QED) is 0.748. The molecular formula is C21H22N4O2. The van der Waals surface area contributed by atoms with Crippen molar-refractivity contribution >= 4 is 11.6 Å². The lowest BCUT2D eigenvalue weighted by atomic mass is 9.81. The number of hydrogen-bond acceptors (Lipinski definition) is 4. The lowest BCUT2D eigenvalue weighted by molar-refractivity contribution is -0.116. The van der Waals surface area contributed by atoms with Crippen molar-refractivity contribution in [3.63, 3.8) is 0 Å². The van der Waals surface area contributed by atoms with E-state index in [9.17, 15) is 9.90 Å². The Morgan fingerprint density at radius 3 is 2.67 bits per heavy atom. The molecule has 0 saturated carbocycles.